The lowest BCUT2D eigenvalue weighted by atomic mass is 9.51. The molecule has 2 aromatic carbocycles. The Morgan fingerprint density at radius 2 is 1.83 bits per heavy atom. The minimum Gasteiger partial charge on any atom is -0.493 e. The molecule has 1 saturated heterocycles. The molecule has 2 aromatic rings. The van der Waals surface area contributed by atoms with Crippen LogP contribution in [0.5, 0.6) is 11.5 Å². The van der Waals surface area contributed by atoms with E-state index in [2.05, 4.69) is 53.1 Å². The maximum absolute atomic E-state index is 13.7. The van der Waals surface area contributed by atoms with Crippen molar-refractivity contribution in [1.29, 1.82) is 0 Å². The second-order valence-corrected chi connectivity index (χ2v) is 13.1. The molecule has 2 fully saturated rings. The van der Waals surface area contributed by atoms with Crippen LogP contribution in [0, 0.1) is 5.92 Å². The first-order valence-corrected chi connectivity index (χ1v) is 16.4. The highest BCUT2D eigenvalue weighted by Gasteiger charge is 2.66. The molecule has 0 unspecified atom stereocenters. The second kappa shape index (κ2) is 12.4. The molecule has 6 heteroatoms. The zero-order valence-corrected chi connectivity index (χ0v) is 25.8. The number of carbonyl (C=O) groups excluding carboxylic acids is 2. The minimum atomic E-state index is -0.120. The first-order valence-electron chi connectivity index (χ1n) is 16.4. The van der Waals surface area contributed by atoms with Gasteiger partial charge in [-0.05, 0) is 88.4 Å². The molecule has 42 heavy (non-hydrogen) atoms. The van der Waals surface area contributed by atoms with Crippen LogP contribution in [0.4, 0.5) is 0 Å². The molecule has 2 bridgehead atoms. The first-order chi connectivity index (χ1) is 20.5. The Morgan fingerprint density at radius 3 is 2.60 bits per heavy atom. The van der Waals surface area contributed by atoms with Crippen molar-refractivity contribution in [2.75, 3.05) is 26.7 Å². The number of aryl methyl sites for hydroxylation is 1. The van der Waals surface area contributed by atoms with Crippen molar-refractivity contribution in [3.8, 4) is 11.5 Å². The fourth-order valence-electron chi connectivity index (χ4n) is 9.07. The molecular formula is C36H48N2O4. The highest BCUT2D eigenvalue weighted by atomic mass is 16.5. The molecule has 5 atom stereocenters. The SMILES string of the molecule is CCN(C(=O)CCCCCCCc1ccccc1)[C@@H]1CC[C@H]2[C@H]3Cc4ccc(OC)c5c4[C@@]2(CCN3CC(C)=O)[C@H]1O5. The third kappa shape index (κ3) is 5.14. The van der Waals surface area contributed by atoms with Crippen molar-refractivity contribution in [2.24, 2.45) is 5.92 Å². The molecular weight excluding hydrogens is 524 g/mol. The van der Waals surface area contributed by atoms with Crippen LogP contribution in [0.2, 0.25) is 0 Å². The molecule has 1 saturated carbocycles. The van der Waals surface area contributed by atoms with E-state index in [4.69, 9.17) is 9.47 Å². The quantitative estimate of drug-likeness (QED) is 0.271. The number of unbranched alkanes of at least 4 members (excludes halogenated alkanes) is 4. The van der Waals surface area contributed by atoms with Crippen LogP contribution in [-0.2, 0) is 27.8 Å². The molecule has 1 amide bonds. The normalized spacial score (nSPS) is 27.2. The van der Waals surface area contributed by atoms with Gasteiger partial charge in [0.25, 0.3) is 0 Å². The Hall–Kier alpha value is -2.86. The maximum atomic E-state index is 13.7. The first kappa shape index (κ1) is 29.2. The van der Waals surface area contributed by atoms with Gasteiger partial charge in [0.1, 0.15) is 11.9 Å². The van der Waals surface area contributed by atoms with E-state index in [0.29, 0.717) is 31.5 Å². The number of carbonyl (C=O) groups is 2. The van der Waals surface area contributed by atoms with Crippen molar-refractivity contribution >= 4 is 11.7 Å². The summed E-state index contributed by atoms with van der Waals surface area (Å²) in [5, 5.41) is 0. The number of ketones is 1. The van der Waals surface area contributed by atoms with E-state index in [1.54, 1.807) is 14.0 Å². The second-order valence-electron chi connectivity index (χ2n) is 13.1. The number of amides is 1. The molecule has 0 radical (unpaired) electrons. The average Bonchev–Trinajstić information content (AvgIpc) is 3.34. The Bertz CT molecular complexity index is 1280. The summed E-state index contributed by atoms with van der Waals surface area (Å²) < 4.78 is 12.8. The minimum absolute atomic E-state index is 0.0627. The maximum Gasteiger partial charge on any atom is 0.222 e. The number of hydrogen-bond acceptors (Lipinski definition) is 5. The van der Waals surface area contributed by atoms with E-state index in [9.17, 15) is 9.59 Å². The van der Waals surface area contributed by atoms with E-state index in [-0.39, 0.29) is 29.3 Å². The zero-order chi connectivity index (χ0) is 29.3. The highest BCUT2D eigenvalue weighted by molar-refractivity contribution is 5.78. The number of ether oxygens (including phenoxy) is 2. The Kier molecular flexibility index (Phi) is 8.63. The van der Waals surface area contributed by atoms with Gasteiger partial charge in [-0.25, -0.2) is 0 Å². The van der Waals surface area contributed by atoms with Crippen molar-refractivity contribution in [2.45, 2.75) is 108 Å². The van der Waals surface area contributed by atoms with E-state index < -0.39 is 0 Å². The van der Waals surface area contributed by atoms with Gasteiger partial charge in [0.05, 0.1) is 19.7 Å². The van der Waals surface area contributed by atoms with E-state index >= 15 is 0 Å². The van der Waals surface area contributed by atoms with Gasteiger partial charge in [-0.15, -0.1) is 0 Å². The van der Waals surface area contributed by atoms with E-state index in [1.165, 1.54) is 36.0 Å². The molecule has 6 nitrogen and oxygen atoms in total. The summed E-state index contributed by atoms with van der Waals surface area (Å²) in [7, 11) is 1.72. The van der Waals surface area contributed by atoms with Crippen LogP contribution in [-0.4, -0.2) is 66.4 Å². The van der Waals surface area contributed by atoms with Crippen molar-refractivity contribution in [1.82, 2.24) is 9.80 Å². The number of Topliss-reactive ketones (excluding diaryl/α,β-unsaturated/α-hetero) is 1. The van der Waals surface area contributed by atoms with Gasteiger partial charge in [0.2, 0.25) is 5.91 Å². The van der Waals surface area contributed by atoms with Crippen molar-refractivity contribution in [3.05, 3.63) is 59.2 Å². The fourth-order valence-corrected chi connectivity index (χ4v) is 9.07. The number of nitrogens with zero attached hydrogens (tertiary/aromatic N) is 2. The topological polar surface area (TPSA) is 59.1 Å². The van der Waals surface area contributed by atoms with Crippen LogP contribution in [0.3, 0.4) is 0 Å². The molecule has 2 aliphatic heterocycles. The van der Waals surface area contributed by atoms with Crippen LogP contribution in [0.15, 0.2) is 42.5 Å². The zero-order valence-electron chi connectivity index (χ0n) is 25.8. The predicted molar refractivity (Wildman–Crippen MR) is 165 cm³/mol. The van der Waals surface area contributed by atoms with Gasteiger partial charge >= 0.3 is 0 Å². The lowest BCUT2D eigenvalue weighted by Crippen LogP contribution is -2.69. The third-order valence-electron chi connectivity index (χ3n) is 10.8. The molecule has 6 rings (SSSR count). The Labute approximate surface area is 251 Å². The lowest BCUT2D eigenvalue weighted by Gasteiger charge is -2.60. The van der Waals surface area contributed by atoms with Crippen LogP contribution < -0.4 is 9.47 Å². The summed E-state index contributed by atoms with van der Waals surface area (Å²) in [6.07, 6.45) is 11.3. The summed E-state index contributed by atoms with van der Waals surface area (Å²) in [4.78, 5) is 30.5. The number of methoxy groups -OCH3 is 1. The van der Waals surface area contributed by atoms with Gasteiger partial charge in [-0.2, -0.15) is 0 Å². The Balaban J connectivity index is 1.14. The number of likely N-dealkylation sites (N-methyl/N-ethyl adjacent to an activating group) is 1. The highest BCUT2D eigenvalue weighted by Crippen LogP contribution is 2.64. The Morgan fingerprint density at radius 1 is 1.05 bits per heavy atom. The molecule has 2 heterocycles. The van der Waals surface area contributed by atoms with Crippen LogP contribution in [0.1, 0.15) is 88.3 Å². The molecule has 0 N–H and O–H groups in total. The third-order valence-corrected chi connectivity index (χ3v) is 10.8. The molecule has 226 valence electrons. The van der Waals surface area contributed by atoms with Crippen LogP contribution in [0.25, 0.3) is 0 Å². The standard InChI is InChI=1S/C36H48N2O4/c1-4-38(32(40)16-12-7-5-6-9-13-26-14-10-8-11-15-26)29-19-18-28-30-23-27-17-20-31(41-3)34-33(27)36(28,35(29)42-34)21-22-37(30)24-25(2)39/h8,10-11,14-15,17,20,28-30,35H,4-7,9,12-13,16,18-19,21-24H2,1-3H3/t28-,29+,30+,35-,36-/m0/s1. The molecule has 1 spiro atoms. The summed E-state index contributed by atoms with van der Waals surface area (Å²) in [5.41, 5.74) is 3.98. The van der Waals surface area contributed by atoms with Crippen molar-refractivity contribution in [3.63, 3.8) is 0 Å². The number of hydrogen-bond donors (Lipinski definition) is 0. The van der Waals surface area contributed by atoms with Crippen LogP contribution >= 0.6 is 0 Å². The monoisotopic (exact) mass is 572 g/mol. The summed E-state index contributed by atoms with van der Waals surface area (Å²) in [5.74, 6) is 2.65. The largest absolute Gasteiger partial charge is 0.493 e. The van der Waals surface area contributed by atoms with Crippen molar-refractivity contribution < 1.29 is 19.1 Å². The summed E-state index contributed by atoms with van der Waals surface area (Å²) >= 11 is 0. The van der Waals surface area contributed by atoms with Gasteiger partial charge in [0, 0.05) is 30.0 Å². The summed E-state index contributed by atoms with van der Waals surface area (Å²) in [6, 6.07) is 15.4. The number of likely N-dealkylation sites (tertiary alicyclic amines) is 1. The smallest absolute Gasteiger partial charge is 0.222 e. The van der Waals surface area contributed by atoms with E-state index in [0.717, 1.165) is 63.0 Å². The molecule has 2 aliphatic carbocycles. The molecule has 4 aliphatic rings. The average molecular weight is 573 g/mol. The van der Waals surface area contributed by atoms with Gasteiger partial charge in [-0.3, -0.25) is 14.5 Å². The number of benzene rings is 2. The van der Waals surface area contributed by atoms with Gasteiger partial charge in [0.15, 0.2) is 11.5 Å². The predicted octanol–water partition coefficient (Wildman–Crippen LogP) is 6.12. The number of piperidine rings is 1. The van der Waals surface area contributed by atoms with E-state index in [1.807, 2.05) is 6.07 Å². The lowest BCUT2D eigenvalue weighted by molar-refractivity contribution is -0.143. The fraction of sp³-hybridized carbons (Fsp3) is 0.611. The van der Waals surface area contributed by atoms with Gasteiger partial charge < -0.3 is 14.4 Å². The summed E-state index contributed by atoms with van der Waals surface area (Å²) in [6.45, 7) is 5.96. The molecule has 0 aromatic heterocycles. The van der Waals surface area contributed by atoms with Gasteiger partial charge in [-0.1, -0.05) is 55.7 Å². The number of rotatable bonds is 13.